The Morgan fingerprint density at radius 2 is 0.609 bits per heavy atom. The van der Waals surface area contributed by atoms with Crippen molar-refractivity contribution in [2.24, 2.45) is 0 Å². The minimum Gasteiger partial charge on any atom is -0.394 e. The molecular formula is C48H81N3O36. The van der Waals surface area contributed by atoms with Crippen LogP contribution in [-0.2, 0) is 76.0 Å². The highest BCUT2D eigenvalue weighted by atomic mass is 16.8. The molecule has 0 saturated carbocycles. The van der Waals surface area contributed by atoms with Gasteiger partial charge in [-0.2, -0.15) is 0 Å². The van der Waals surface area contributed by atoms with Crippen LogP contribution in [0.25, 0.3) is 0 Å². The molecule has 87 heavy (non-hydrogen) atoms. The number of carbonyl (C=O) groups is 3. The van der Waals surface area contributed by atoms with Crippen LogP contribution in [0.1, 0.15) is 20.8 Å². The molecule has 39 heteroatoms. The zero-order chi connectivity index (χ0) is 64.2. The summed E-state index contributed by atoms with van der Waals surface area (Å²) in [5.74, 6) is -2.39. The molecule has 7 fully saturated rings. The van der Waals surface area contributed by atoms with E-state index < -0.39 is 279 Å². The Bertz CT molecular complexity index is 2190. The van der Waals surface area contributed by atoms with E-state index >= 15 is 0 Å². The van der Waals surface area contributed by atoms with E-state index in [9.17, 15) is 117 Å². The van der Waals surface area contributed by atoms with Crippen LogP contribution >= 0.6 is 0 Å². The van der Waals surface area contributed by atoms with Gasteiger partial charge in [0.2, 0.25) is 17.7 Å². The van der Waals surface area contributed by atoms with Gasteiger partial charge in [0.05, 0.1) is 46.2 Å². The topological polar surface area (TPSA) is 612 Å². The van der Waals surface area contributed by atoms with E-state index in [0.717, 1.165) is 20.8 Å². The van der Waals surface area contributed by atoms with Gasteiger partial charge in [-0.3, -0.25) is 14.4 Å². The Morgan fingerprint density at radius 3 is 1.10 bits per heavy atom. The number of aliphatic hydroxyl groups excluding tert-OH is 20. The number of nitrogens with one attached hydrogen (secondary N) is 3. The van der Waals surface area contributed by atoms with Crippen LogP contribution in [0.15, 0.2) is 0 Å². The lowest BCUT2D eigenvalue weighted by Gasteiger charge is -2.50. The molecule has 7 aliphatic heterocycles. The van der Waals surface area contributed by atoms with E-state index in [4.69, 9.17) is 61.6 Å². The molecular weight excluding hydrogens is 1190 g/mol. The van der Waals surface area contributed by atoms with Crippen LogP contribution in [0.3, 0.4) is 0 Å². The first kappa shape index (κ1) is 71.5. The third-order valence-electron chi connectivity index (χ3n) is 15.7. The normalized spacial score (nSPS) is 48.9. The highest BCUT2D eigenvalue weighted by Crippen LogP contribution is 2.37. The van der Waals surface area contributed by atoms with Crippen molar-refractivity contribution in [1.82, 2.24) is 16.0 Å². The summed E-state index contributed by atoms with van der Waals surface area (Å²) in [6.07, 6.45) is -62.9. The molecule has 1 unspecified atom stereocenters. The molecule has 3 amide bonds. The number of rotatable bonds is 22. The maximum atomic E-state index is 12.7. The van der Waals surface area contributed by atoms with Crippen molar-refractivity contribution in [2.45, 2.75) is 236 Å². The quantitative estimate of drug-likeness (QED) is 0.0479. The van der Waals surface area contributed by atoms with Crippen LogP contribution in [0, 0.1) is 0 Å². The summed E-state index contributed by atoms with van der Waals surface area (Å²) in [5.41, 5.74) is 0. The van der Waals surface area contributed by atoms with Gasteiger partial charge < -0.3 is 180 Å². The molecule has 0 spiro atoms. The lowest BCUT2D eigenvalue weighted by molar-refractivity contribution is -0.391. The monoisotopic (exact) mass is 1280 g/mol. The zero-order valence-electron chi connectivity index (χ0n) is 46.6. The molecule has 0 aromatic heterocycles. The van der Waals surface area contributed by atoms with Gasteiger partial charge in [-0.15, -0.1) is 0 Å². The summed E-state index contributed by atoms with van der Waals surface area (Å²) < 4.78 is 74.9. The molecule has 0 aromatic carbocycles. The second-order valence-corrected chi connectivity index (χ2v) is 21.8. The van der Waals surface area contributed by atoms with Crippen molar-refractivity contribution in [2.75, 3.05) is 46.2 Å². The maximum absolute atomic E-state index is 12.7. The van der Waals surface area contributed by atoms with Crippen molar-refractivity contribution in [3.63, 3.8) is 0 Å². The van der Waals surface area contributed by atoms with Gasteiger partial charge in [0.1, 0.15) is 171 Å². The van der Waals surface area contributed by atoms with Crippen molar-refractivity contribution in [3.05, 3.63) is 0 Å². The maximum Gasteiger partial charge on any atom is 0.217 e. The Morgan fingerprint density at radius 1 is 0.299 bits per heavy atom. The molecule has 504 valence electrons. The standard InChI is InChI=1S/C48H81N3O36/c1-11(58)49-21-29(66)37(17(7-55)76-42(21)74)83-44-23(51-13(3)60)30(67)38(18(8-56)80-44)85-48-36(73)41(87-47-34(71)32(69)39(19(9-57)81-47)84-43-22(50-12(2)59)28(65)24(61)14(4-52)77-43)27(64)20(82-48)10-75-45-35(72)40(26(63)16(6-54)78-45)86-46-33(70)31(68)25(62)15(5-53)79-46/h14-48,52-57,61-74H,4-10H2,1-3H3,(H,49,58)(H,50,59)(H,51,60)/t14-,15-,16-,17-,18-,19-,20-,21-,22-,23-,24-,25-,26-,27-,28-,29-,30-,31+,32-,33+,34+,35+,36+,37-,38-,39-,40+,41+,42?,43+,44+,45+,46-,47-,48+/m1/s1. The van der Waals surface area contributed by atoms with Crippen LogP contribution in [-0.4, -0.2) is 381 Å². The molecule has 0 radical (unpaired) electrons. The van der Waals surface area contributed by atoms with Gasteiger partial charge >= 0.3 is 0 Å². The van der Waals surface area contributed by atoms with Gasteiger partial charge in [0.15, 0.2) is 44.0 Å². The Kier molecular flexibility index (Phi) is 25.6. The van der Waals surface area contributed by atoms with Gasteiger partial charge in [-0.25, -0.2) is 0 Å². The fourth-order valence-electron chi connectivity index (χ4n) is 11.1. The molecule has 23 N–H and O–H groups in total. The van der Waals surface area contributed by atoms with Crippen LogP contribution in [0.5, 0.6) is 0 Å². The number of ether oxygens (including phenoxy) is 13. The first-order valence-corrected chi connectivity index (χ1v) is 27.6. The van der Waals surface area contributed by atoms with E-state index in [1.807, 2.05) is 0 Å². The number of carbonyl (C=O) groups excluding carboxylic acids is 3. The van der Waals surface area contributed by atoms with E-state index in [-0.39, 0.29) is 0 Å². The van der Waals surface area contributed by atoms with Crippen LogP contribution < -0.4 is 16.0 Å². The minimum absolute atomic E-state index is 0.742. The summed E-state index contributed by atoms with van der Waals surface area (Å²) in [6, 6.07) is -5.00. The average molecular weight is 1280 g/mol. The van der Waals surface area contributed by atoms with E-state index in [0.29, 0.717) is 0 Å². The first-order chi connectivity index (χ1) is 41.1. The van der Waals surface area contributed by atoms with Crippen molar-refractivity contribution in [1.29, 1.82) is 0 Å². The van der Waals surface area contributed by atoms with E-state index in [2.05, 4.69) is 16.0 Å². The largest absolute Gasteiger partial charge is 0.394 e. The number of hydrogen-bond acceptors (Lipinski definition) is 36. The van der Waals surface area contributed by atoms with E-state index in [1.54, 1.807) is 0 Å². The highest BCUT2D eigenvalue weighted by Gasteiger charge is 2.59. The molecule has 7 rings (SSSR count). The highest BCUT2D eigenvalue weighted by molar-refractivity contribution is 5.74. The number of aliphatic hydroxyl groups is 20. The smallest absolute Gasteiger partial charge is 0.217 e. The van der Waals surface area contributed by atoms with Crippen molar-refractivity contribution in [3.8, 4) is 0 Å². The predicted octanol–water partition coefficient (Wildman–Crippen LogP) is -15.8. The second-order valence-electron chi connectivity index (χ2n) is 21.8. The fraction of sp³-hybridized carbons (Fsp3) is 0.938. The summed E-state index contributed by atoms with van der Waals surface area (Å²) in [6.45, 7) is -3.93. The van der Waals surface area contributed by atoms with Gasteiger partial charge in [0, 0.05) is 20.8 Å². The van der Waals surface area contributed by atoms with Gasteiger partial charge in [-0.05, 0) is 0 Å². The summed E-state index contributed by atoms with van der Waals surface area (Å²) >= 11 is 0. The summed E-state index contributed by atoms with van der Waals surface area (Å²) in [4.78, 5) is 36.8. The minimum atomic E-state index is -2.39. The lowest BCUT2D eigenvalue weighted by atomic mass is 9.94. The molecule has 35 atom stereocenters. The second kappa shape index (κ2) is 31.1. The molecule has 39 nitrogen and oxygen atoms in total. The summed E-state index contributed by atoms with van der Waals surface area (Å²) in [7, 11) is 0. The zero-order valence-corrected chi connectivity index (χ0v) is 46.6. The van der Waals surface area contributed by atoms with Gasteiger partial charge in [-0.1, -0.05) is 0 Å². The first-order valence-electron chi connectivity index (χ1n) is 27.6. The molecule has 7 aliphatic rings. The van der Waals surface area contributed by atoms with Crippen molar-refractivity contribution >= 4 is 17.7 Å². The fourth-order valence-corrected chi connectivity index (χ4v) is 11.1. The molecule has 0 bridgehead atoms. The van der Waals surface area contributed by atoms with Crippen LogP contribution in [0.2, 0.25) is 0 Å². The lowest BCUT2D eigenvalue weighted by Crippen LogP contribution is -2.70. The molecule has 0 aliphatic carbocycles. The number of amides is 3. The van der Waals surface area contributed by atoms with Crippen LogP contribution in [0.4, 0.5) is 0 Å². The Labute approximate surface area is 492 Å². The predicted molar refractivity (Wildman–Crippen MR) is 267 cm³/mol. The van der Waals surface area contributed by atoms with Crippen molar-refractivity contribution < 1.29 is 178 Å². The third kappa shape index (κ3) is 15.8. The van der Waals surface area contributed by atoms with Gasteiger partial charge in [0.25, 0.3) is 0 Å². The SMILES string of the molecule is CC(=O)N[C@H]1[C@H](O[C@H]2[C@H](O)[C@@H](NC(C)=O)C(O)O[C@@H]2CO)O[C@H](CO)[C@@H](O[C@@H]2O[C@H](CO[C@H]3O[C@H](CO)[C@@H](O)[C@H](O[C@H]4O[C@H](CO)[C@@H](O)[C@H](O)[C@@H]4O)[C@@H]3O)[C@@H](O)[C@H](O[C@H]3O[C@H](CO)[C@@H](O[C@@H]4O[C@H](CO)[C@@H](O)[C@H](O)[C@H]4NC(C)=O)[C@H](O)[C@@H]3O)[C@@H]2O)[C@@H]1O. The Balaban J connectivity index is 1.17. The molecule has 7 saturated heterocycles. The third-order valence-corrected chi connectivity index (χ3v) is 15.7. The van der Waals surface area contributed by atoms with E-state index in [1.165, 1.54) is 0 Å². The Hall–Kier alpha value is -2.91. The number of hydrogen-bond donors (Lipinski definition) is 23. The average Bonchev–Trinajstić information content (AvgIpc) is 1.04. The summed E-state index contributed by atoms with van der Waals surface area (Å²) in [5, 5.41) is 225. The molecule has 7 heterocycles. The molecule has 0 aromatic rings.